The minimum Gasteiger partial charge on any atom is -0.467 e. The second-order valence-corrected chi connectivity index (χ2v) is 6.92. The van der Waals surface area contributed by atoms with Crippen LogP contribution in [-0.4, -0.2) is 36.3 Å². The number of benzene rings is 2. The summed E-state index contributed by atoms with van der Waals surface area (Å²) < 4.78 is 9.95. The van der Waals surface area contributed by atoms with E-state index in [0.717, 1.165) is 4.90 Å². The third-order valence-electron chi connectivity index (χ3n) is 4.75. The lowest BCUT2D eigenvalue weighted by atomic mass is 10.1. The molecule has 0 bridgehead atoms. The molecule has 2 heterocycles. The Morgan fingerprint density at radius 3 is 2.15 bits per heavy atom. The van der Waals surface area contributed by atoms with Crippen molar-refractivity contribution in [1.82, 2.24) is 10.6 Å². The van der Waals surface area contributed by atoms with Gasteiger partial charge in [0.15, 0.2) is 6.61 Å². The molecule has 0 unspecified atom stereocenters. The zero-order chi connectivity index (χ0) is 23.4. The Hall–Kier alpha value is -4.73. The second kappa shape index (κ2) is 9.18. The van der Waals surface area contributed by atoms with Crippen molar-refractivity contribution in [2.45, 2.75) is 6.54 Å². The third-order valence-corrected chi connectivity index (χ3v) is 4.75. The number of hydrogen-bond donors (Lipinski definition) is 2. The molecule has 0 atom stereocenters. The van der Waals surface area contributed by atoms with Gasteiger partial charge in [-0.2, -0.15) is 0 Å². The van der Waals surface area contributed by atoms with Crippen molar-refractivity contribution in [2.24, 2.45) is 0 Å². The summed E-state index contributed by atoms with van der Waals surface area (Å²) in [6.07, 6.45) is 1.45. The smallest absolute Gasteiger partial charge is 0.338 e. The van der Waals surface area contributed by atoms with Crippen molar-refractivity contribution in [2.75, 3.05) is 11.5 Å². The number of imide groups is 2. The van der Waals surface area contributed by atoms with Crippen LogP contribution in [0.15, 0.2) is 71.3 Å². The van der Waals surface area contributed by atoms with E-state index in [2.05, 4.69) is 5.32 Å². The maximum absolute atomic E-state index is 12.5. The summed E-state index contributed by atoms with van der Waals surface area (Å²) in [5.74, 6) is -2.02. The fraction of sp³-hybridized carbons (Fsp3) is 0.0870. The fourth-order valence-electron chi connectivity index (χ4n) is 3.17. The van der Waals surface area contributed by atoms with E-state index in [9.17, 15) is 24.0 Å². The predicted octanol–water partition coefficient (Wildman–Crippen LogP) is 2.26. The molecule has 0 radical (unpaired) electrons. The number of nitrogens with zero attached hydrogens (tertiary/aromatic N) is 1. The van der Waals surface area contributed by atoms with Crippen LogP contribution in [0.25, 0.3) is 0 Å². The predicted molar refractivity (Wildman–Crippen MR) is 113 cm³/mol. The van der Waals surface area contributed by atoms with Gasteiger partial charge in [-0.25, -0.2) is 14.5 Å². The maximum Gasteiger partial charge on any atom is 0.338 e. The molecule has 0 saturated heterocycles. The largest absolute Gasteiger partial charge is 0.467 e. The molecule has 0 aliphatic carbocycles. The Labute approximate surface area is 187 Å². The molecule has 33 heavy (non-hydrogen) atoms. The molecule has 1 aliphatic heterocycles. The highest BCUT2D eigenvalue weighted by atomic mass is 16.5. The van der Waals surface area contributed by atoms with Crippen LogP contribution in [0.3, 0.4) is 0 Å². The third kappa shape index (κ3) is 4.64. The van der Waals surface area contributed by atoms with Crippen molar-refractivity contribution in [3.8, 4) is 0 Å². The zero-order valence-corrected chi connectivity index (χ0v) is 17.1. The van der Waals surface area contributed by atoms with E-state index in [-0.39, 0.29) is 12.1 Å². The monoisotopic (exact) mass is 447 g/mol. The van der Waals surface area contributed by atoms with Gasteiger partial charge in [-0.1, -0.05) is 12.1 Å². The summed E-state index contributed by atoms with van der Waals surface area (Å²) in [5.41, 5.74) is 1.02. The van der Waals surface area contributed by atoms with Crippen molar-refractivity contribution >= 4 is 35.4 Å². The van der Waals surface area contributed by atoms with E-state index < -0.39 is 36.3 Å². The number of fused-ring (bicyclic) bond motifs is 1. The number of urea groups is 1. The highest BCUT2D eigenvalue weighted by Gasteiger charge is 2.36. The normalized spacial score (nSPS) is 12.3. The van der Waals surface area contributed by atoms with Crippen LogP contribution in [0.4, 0.5) is 10.5 Å². The Bertz CT molecular complexity index is 1200. The van der Waals surface area contributed by atoms with E-state index in [0.29, 0.717) is 22.6 Å². The van der Waals surface area contributed by atoms with Crippen LogP contribution in [0.2, 0.25) is 0 Å². The first-order chi connectivity index (χ1) is 15.9. The molecule has 4 rings (SSSR count). The summed E-state index contributed by atoms with van der Waals surface area (Å²) in [4.78, 5) is 61.8. The number of anilines is 1. The average molecular weight is 447 g/mol. The summed E-state index contributed by atoms with van der Waals surface area (Å²) in [6, 6.07) is 14.6. The summed E-state index contributed by atoms with van der Waals surface area (Å²) in [5, 5.41) is 4.44. The molecule has 2 N–H and O–H groups in total. The van der Waals surface area contributed by atoms with Gasteiger partial charge in [0.05, 0.1) is 35.2 Å². The molecule has 166 valence electrons. The fourth-order valence-corrected chi connectivity index (χ4v) is 3.17. The van der Waals surface area contributed by atoms with E-state index in [1.807, 2.05) is 5.32 Å². The van der Waals surface area contributed by atoms with Crippen molar-refractivity contribution in [3.05, 3.63) is 89.4 Å². The molecular weight excluding hydrogens is 430 g/mol. The number of ether oxygens (including phenoxy) is 1. The van der Waals surface area contributed by atoms with Gasteiger partial charge in [-0.15, -0.1) is 0 Å². The number of amides is 5. The van der Waals surface area contributed by atoms with Crippen LogP contribution in [0, 0.1) is 0 Å². The lowest BCUT2D eigenvalue weighted by Crippen LogP contribution is -2.41. The molecule has 0 saturated carbocycles. The number of carbonyl (C=O) groups excluding carboxylic acids is 5. The molecule has 2 aromatic carbocycles. The highest BCUT2D eigenvalue weighted by molar-refractivity contribution is 6.34. The van der Waals surface area contributed by atoms with Gasteiger partial charge >= 0.3 is 12.0 Å². The van der Waals surface area contributed by atoms with Gasteiger partial charge in [0.1, 0.15) is 5.76 Å². The number of hydrogen-bond acceptors (Lipinski definition) is 7. The van der Waals surface area contributed by atoms with Gasteiger partial charge in [0.2, 0.25) is 0 Å². The molecule has 10 heteroatoms. The number of rotatable bonds is 6. The first-order valence-electron chi connectivity index (χ1n) is 9.79. The molecule has 1 aromatic heterocycles. The molecule has 0 fully saturated rings. The minimum absolute atomic E-state index is 0.0886. The first-order valence-corrected chi connectivity index (χ1v) is 9.79. The van der Waals surface area contributed by atoms with Crippen LogP contribution >= 0.6 is 0 Å². The maximum atomic E-state index is 12.5. The Balaban J connectivity index is 1.29. The number of esters is 1. The lowest BCUT2D eigenvalue weighted by molar-refractivity contribution is -0.123. The first kappa shape index (κ1) is 21.5. The van der Waals surface area contributed by atoms with E-state index in [4.69, 9.17) is 9.15 Å². The molecule has 10 nitrogen and oxygen atoms in total. The lowest BCUT2D eigenvalue weighted by Gasteiger charge is -2.14. The van der Waals surface area contributed by atoms with Gasteiger partial charge in [-0.3, -0.25) is 19.7 Å². The molecule has 0 spiro atoms. The van der Waals surface area contributed by atoms with Gasteiger partial charge in [0.25, 0.3) is 17.7 Å². The number of carbonyl (C=O) groups is 5. The van der Waals surface area contributed by atoms with Crippen molar-refractivity contribution < 1.29 is 33.1 Å². The Morgan fingerprint density at radius 2 is 1.55 bits per heavy atom. The molecule has 1 aliphatic rings. The van der Waals surface area contributed by atoms with Gasteiger partial charge in [0, 0.05) is 0 Å². The van der Waals surface area contributed by atoms with Gasteiger partial charge in [-0.05, 0) is 48.5 Å². The molecule has 3 aromatic rings. The minimum atomic E-state index is -0.817. The van der Waals surface area contributed by atoms with Crippen molar-refractivity contribution in [1.29, 1.82) is 0 Å². The Kier molecular flexibility index (Phi) is 5.98. The average Bonchev–Trinajstić information content (AvgIpc) is 3.43. The quantitative estimate of drug-likeness (QED) is 0.437. The van der Waals surface area contributed by atoms with Crippen molar-refractivity contribution in [3.63, 3.8) is 0 Å². The van der Waals surface area contributed by atoms with Crippen LogP contribution in [-0.2, 0) is 16.1 Å². The highest BCUT2D eigenvalue weighted by Crippen LogP contribution is 2.28. The van der Waals surface area contributed by atoms with E-state index >= 15 is 0 Å². The van der Waals surface area contributed by atoms with Gasteiger partial charge < -0.3 is 14.5 Å². The molecule has 5 amide bonds. The second-order valence-electron chi connectivity index (χ2n) is 6.92. The van der Waals surface area contributed by atoms with E-state index in [1.54, 1.807) is 36.4 Å². The van der Waals surface area contributed by atoms with Crippen LogP contribution in [0.1, 0.15) is 36.8 Å². The SMILES string of the molecule is O=C(COC(=O)c1ccc(N2C(=O)c3ccccc3C2=O)cc1)NC(=O)NCc1ccco1. The van der Waals surface area contributed by atoms with Crippen LogP contribution in [0.5, 0.6) is 0 Å². The van der Waals surface area contributed by atoms with Crippen LogP contribution < -0.4 is 15.5 Å². The topological polar surface area (TPSA) is 135 Å². The number of nitrogens with one attached hydrogen (secondary N) is 2. The molecular formula is C23H17N3O7. The standard InChI is InChI=1S/C23H17N3O7/c27-19(25-23(31)24-12-16-4-3-11-32-16)13-33-22(30)14-7-9-15(10-8-14)26-20(28)17-5-1-2-6-18(17)21(26)29/h1-11H,12-13H2,(H2,24,25,27,31). The summed E-state index contributed by atoms with van der Waals surface area (Å²) in [7, 11) is 0. The zero-order valence-electron chi connectivity index (χ0n) is 17.1. The van der Waals surface area contributed by atoms with E-state index in [1.165, 1.54) is 30.5 Å². The summed E-state index contributed by atoms with van der Waals surface area (Å²) >= 11 is 0. The summed E-state index contributed by atoms with van der Waals surface area (Å²) in [6.45, 7) is -0.585. The Morgan fingerprint density at radius 1 is 0.879 bits per heavy atom. The number of furan rings is 1.